The number of phenols is 2. The summed E-state index contributed by atoms with van der Waals surface area (Å²) < 4.78 is 38.3. The van der Waals surface area contributed by atoms with Gasteiger partial charge in [0.2, 0.25) is 12.0 Å². The lowest BCUT2D eigenvalue weighted by Gasteiger charge is -2.45. The molecule has 1 aromatic heterocycles. The molecular weight excluding hydrogens is 632 g/mol. The van der Waals surface area contributed by atoms with Gasteiger partial charge in [-0.25, -0.2) is 0 Å². The van der Waals surface area contributed by atoms with E-state index in [2.05, 4.69) is 0 Å². The van der Waals surface area contributed by atoms with Crippen molar-refractivity contribution in [3.8, 4) is 34.3 Å². The van der Waals surface area contributed by atoms with Gasteiger partial charge in [0, 0.05) is 24.6 Å². The Morgan fingerprint density at radius 2 is 1.53 bits per heavy atom. The molecule has 0 radical (unpaired) electrons. The minimum absolute atomic E-state index is 0.0125. The first-order valence-corrected chi connectivity index (χ1v) is 14.3. The van der Waals surface area contributed by atoms with Crippen LogP contribution in [0.15, 0.2) is 45.6 Å². The maximum atomic E-state index is 13.0. The minimum Gasteiger partial charge on any atom is -0.507 e. The van der Waals surface area contributed by atoms with Crippen molar-refractivity contribution in [2.45, 2.75) is 68.3 Å². The molecule has 2 saturated heterocycles. The molecule has 256 valence electrons. The molecule has 0 bridgehead atoms. The first-order chi connectivity index (χ1) is 22.3. The molecule has 17 nitrogen and oxygen atoms in total. The molecule has 4 unspecified atom stereocenters. The van der Waals surface area contributed by atoms with Crippen molar-refractivity contribution in [3.05, 3.63) is 46.6 Å². The average Bonchev–Trinajstić information content (AvgIpc) is 3.05. The van der Waals surface area contributed by atoms with Crippen LogP contribution in [0.4, 0.5) is 0 Å². The maximum absolute atomic E-state index is 13.0. The van der Waals surface area contributed by atoms with Crippen LogP contribution in [0, 0.1) is 0 Å². The monoisotopic (exact) mass is 666 g/mol. The Kier molecular flexibility index (Phi) is 10.2. The number of methoxy groups -OCH3 is 1. The van der Waals surface area contributed by atoms with Gasteiger partial charge in [-0.05, 0) is 24.3 Å². The molecular formula is C30H34O17. The van der Waals surface area contributed by atoms with Crippen LogP contribution in [0.2, 0.25) is 0 Å². The van der Waals surface area contributed by atoms with E-state index in [1.54, 1.807) is 24.3 Å². The van der Waals surface area contributed by atoms with Gasteiger partial charge in [-0.2, -0.15) is 0 Å². The van der Waals surface area contributed by atoms with Crippen molar-refractivity contribution in [1.82, 2.24) is 0 Å². The molecule has 8 N–H and O–H groups in total. The summed E-state index contributed by atoms with van der Waals surface area (Å²) in [7, 11) is 1.47. The normalized spacial score (nSPS) is 31.0. The van der Waals surface area contributed by atoms with Crippen LogP contribution < -0.4 is 14.9 Å². The van der Waals surface area contributed by atoms with E-state index in [9.17, 15) is 50.4 Å². The fourth-order valence-corrected chi connectivity index (χ4v) is 5.21. The number of aliphatic hydroxyl groups is 6. The van der Waals surface area contributed by atoms with Crippen LogP contribution in [0.5, 0.6) is 23.0 Å². The number of carbonyl (C=O) groups is 1. The molecule has 17 heteroatoms. The number of phenolic OH excluding ortho intramolecular Hbond substituents is 2. The standard InChI is InChI=1S/C30H34O17/c1-11(32)42-10-19-22(36)24(38)26(40)29(46-19)47-28-25(39)21(35)18(9-31)45-30(28)44-17-8-15(34)20-14(33)7-16(43-27(20)23(17)37)12-3-5-13(41-2)6-4-12/h3-8,18-19,21-22,24-26,28-31,34-40H,9-10H2,1-2H3/t18?,19?,21-,22-,24+,25+,26?,28?,29+,30-/m1/s1. The Morgan fingerprint density at radius 1 is 0.872 bits per heavy atom. The number of esters is 1. The third kappa shape index (κ3) is 6.84. The Hall–Kier alpha value is -4.04. The molecule has 47 heavy (non-hydrogen) atoms. The summed E-state index contributed by atoms with van der Waals surface area (Å²) in [6.45, 7) is -0.277. The second-order valence-corrected chi connectivity index (χ2v) is 10.9. The highest BCUT2D eigenvalue weighted by Gasteiger charge is 2.51. The number of hydrogen-bond acceptors (Lipinski definition) is 17. The highest BCUT2D eigenvalue weighted by Crippen LogP contribution is 2.42. The quantitative estimate of drug-likeness (QED) is 0.0949. The number of fused-ring (bicyclic) bond motifs is 1. The van der Waals surface area contributed by atoms with Crippen LogP contribution in [-0.4, -0.2) is 129 Å². The summed E-state index contributed by atoms with van der Waals surface area (Å²) in [5.74, 6) is -2.21. The van der Waals surface area contributed by atoms with Crippen molar-refractivity contribution in [2.24, 2.45) is 0 Å². The van der Waals surface area contributed by atoms with E-state index in [1.165, 1.54) is 7.11 Å². The van der Waals surface area contributed by atoms with Crippen LogP contribution >= 0.6 is 0 Å². The second-order valence-electron chi connectivity index (χ2n) is 10.9. The predicted molar refractivity (Wildman–Crippen MR) is 154 cm³/mol. The number of aliphatic hydroxyl groups excluding tert-OH is 6. The molecule has 2 aliphatic heterocycles. The molecule has 0 aliphatic carbocycles. The zero-order valence-electron chi connectivity index (χ0n) is 24.9. The molecule has 2 aromatic carbocycles. The van der Waals surface area contributed by atoms with Gasteiger partial charge in [-0.15, -0.1) is 0 Å². The summed E-state index contributed by atoms with van der Waals surface area (Å²) >= 11 is 0. The van der Waals surface area contributed by atoms with Crippen LogP contribution in [0.1, 0.15) is 6.92 Å². The highest BCUT2D eigenvalue weighted by molar-refractivity contribution is 5.91. The van der Waals surface area contributed by atoms with Gasteiger partial charge in [0.25, 0.3) is 0 Å². The molecule has 2 fully saturated rings. The zero-order valence-corrected chi connectivity index (χ0v) is 24.9. The fraction of sp³-hybridized carbons (Fsp3) is 0.467. The SMILES string of the molecule is COc1ccc(-c2cc(=O)c3c(O)cc(O[C@@H]4OC(CO)[C@@H](O)[C@H](O)C4O[C@@H]4OC(COC(C)=O)[C@@H](O)[C@H](O)C4O)c(O)c3o2)cc1. The number of carbonyl (C=O) groups excluding carboxylic acids is 1. The first-order valence-electron chi connectivity index (χ1n) is 14.3. The molecule has 0 spiro atoms. The topological polar surface area (TPSA) is 264 Å². The Bertz CT molecular complexity index is 1620. The van der Waals surface area contributed by atoms with Crippen molar-refractivity contribution < 1.29 is 78.5 Å². The summed E-state index contributed by atoms with van der Waals surface area (Å²) in [5, 5.41) is 84.0. The Balaban J connectivity index is 1.48. The van der Waals surface area contributed by atoms with Gasteiger partial charge >= 0.3 is 5.97 Å². The number of rotatable bonds is 9. The van der Waals surface area contributed by atoms with E-state index in [1.807, 2.05) is 0 Å². The van der Waals surface area contributed by atoms with Gasteiger partial charge in [-0.1, -0.05) is 0 Å². The Morgan fingerprint density at radius 3 is 2.17 bits per heavy atom. The molecule has 10 atom stereocenters. The van der Waals surface area contributed by atoms with Gasteiger partial charge in [-0.3, -0.25) is 9.59 Å². The smallest absolute Gasteiger partial charge is 0.302 e. The van der Waals surface area contributed by atoms with Crippen molar-refractivity contribution in [3.63, 3.8) is 0 Å². The summed E-state index contributed by atoms with van der Waals surface area (Å²) in [6, 6.07) is 8.37. The van der Waals surface area contributed by atoms with E-state index >= 15 is 0 Å². The van der Waals surface area contributed by atoms with Crippen LogP contribution in [0.25, 0.3) is 22.3 Å². The van der Waals surface area contributed by atoms with E-state index in [0.29, 0.717) is 11.3 Å². The number of benzene rings is 2. The number of hydrogen-bond donors (Lipinski definition) is 8. The van der Waals surface area contributed by atoms with Crippen molar-refractivity contribution >= 4 is 16.9 Å². The summed E-state index contributed by atoms with van der Waals surface area (Å²) in [4.78, 5) is 24.2. The van der Waals surface area contributed by atoms with Gasteiger partial charge in [0.15, 0.2) is 29.2 Å². The van der Waals surface area contributed by atoms with E-state index in [0.717, 1.165) is 19.1 Å². The second kappa shape index (κ2) is 14.0. The van der Waals surface area contributed by atoms with Crippen molar-refractivity contribution in [2.75, 3.05) is 20.3 Å². The first kappa shape index (κ1) is 34.3. The largest absolute Gasteiger partial charge is 0.507 e. The van der Waals surface area contributed by atoms with Crippen molar-refractivity contribution in [1.29, 1.82) is 0 Å². The molecule has 5 rings (SSSR count). The lowest BCUT2D eigenvalue weighted by Crippen LogP contribution is -2.65. The molecule has 0 saturated carbocycles. The molecule has 0 amide bonds. The summed E-state index contributed by atoms with van der Waals surface area (Å²) in [5.41, 5.74) is -0.771. The number of aromatic hydroxyl groups is 2. The van der Waals surface area contributed by atoms with E-state index in [-0.39, 0.29) is 5.76 Å². The molecule has 2 aliphatic rings. The number of ether oxygens (including phenoxy) is 6. The van der Waals surface area contributed by atoms with Gasteiger partial charge in [0.05, 0.1) is 13.7 Å². The third-order valence-electron chi connectivity index (χ3n) is 7.77. The molecule has 3 aromatic rings. The predicted octanol–water partition coefficient (Wildman–Crippen LogP) is -1.55. The van der Waals surface area contributed by atoms with E-state index in [4.69, 9.17) is 32.8 Å². The fourth-order valence-electron chi connectivity index (χ4n) is 5.21. The van der Waals surface area contributed by atoms with Crippen LogP contribution in [0.3, 0.4) is 0 Å². The van der Waals surface area contributed by atoms with Gasteiger partial charge in [0.1, 0.15) is 72.0 Å². The molecule has 3 heterocycles. The average molecular weight is 667 g/mol. The lowest BCUT2D eigenvalue weighted by molar-refractivity contribution is -0.358. The third-order valence-corrected chi connectivity index (χ3v) is 7.77. The lowest BCUT2D eigenvalue weighted by atomic mass is 9.97. The zero-order chi connectivity index (χ0) is 34.2. The Labute approximate surface area is 265 Å². The van der Waals surface area contributed by atoms with Gasteiger partial charge < -0.3 is 73.7 Å². The van der Waals surface area contributed by atoms with Crippen LogP contribution in [-0.2, 0) is 23.7 Å². The summed E-state index contributed by atoms with van der Waals surface area (Å²) in [6.07, 6.45) is -17.6. The van der Waals surface area contributed by atoms with E-state index < -0.39 is 114 Å². The minimum atomic E-state index is -1.94. The maximum Gasteiger partial charge on any atom is 0.302 e. The highest BCUT2D eigenvalue weighted by atomic mass is 16.8.